The topological polar surface area (TPSA) is 125 Å². The number of carbonyl (C=O) groups excluding carboxylic acids is 3. The van der Waals surface area contributed by atoms with Gasteiger partial charge in [0.05, 0.1) is 18.5 Å². The molecule has 1 saturated carbocycles. The highest BCUT2D eigenvalue weighted by Crippen LogP contribution is 2.49. The highest BCUT2D eigenvalue weighted by atomic mass is 35.5. The van der Waals surface area contributed by atoms with E-state index in [-0.39, 0.29) is 25.3 Å². The van der Waals surface area contributed by atoms with Crippen molar-refractivity contribution in [1.29, 1.82) is 0 Å². The first-order valence-electron chi connectivity index (χ1n) is 12.6. The fourth-order valence-corrected chi connectivity index (χ4v) is 6.23. The van der Waals surface area contributed by atoms with E-state index in [1.54, 1.807) is 24.3 Å². The molecule has 3 amide bonds. The fourth-order valence-electron chi connectivity index (χ4n) is 5.63. The molecule has 3 heterocycles. The number of alkyl halides is 2. The highest BCUT2D eigenvalue weighted by Gasteiger charge is 2.60. The molecule has 0 spiro atoms. The maximum absolute atomic E-state index is 15.0. The zero-order valence-corrected chi connectivity index (χ0v) is 22.7. The van der Waals surface area contributed by atoms with Crippen LogP contribution in [0.5, 0.6) is 0 Å². The molecule has 1 aliphatic carbocycles. The minimum atomic E-state index is -4.25. The molecule has 1 aromatic carbocycles. The molecular formula is C25H30ClF3N4O5S. The Bertz CT molecular complexity index is 1280. The van der Waals surface area contributed by atoms with Crippen LogP contribution < -0.4 is 16.0 Å². The molecule has 5 rings (SSSR count). The van der Waals surface area contributed by atoms with Gasteiger partial charge in [-0.15, -0.1) is 0 Å². The zero-order valence-electron chi connectivity index (χ0n) is 21.1. The molecule has 3 aliphatic heterocycles. The molecule has 3 N–H and O–H groups in total. The number of piperidine rings is 2. The number of hydrogen-bond donors (Lipinski definition) is 3. The maximum atomic E-state index is 15.0. The number of anilines is 1. The minimum Gasteiger partial charge on any atom is -0.376 e. The summed E-state index contributed by atoms with van der Waals surface area (Å²) < 4.78 is 67.7. The van der Waals surface area contributed by atoms with Crippen LogP contribution >= 0.6 is 11.6 Å². The number of carbonyl (C=O) groups is 3. The molecule has 4 fully saturated rings. The molecule has 5 atom stereocenters. The van der Waals surface area contributed by atoms with Crippen molar-refractivity contribution in [3.8, 4) is 0 Å². The lowest BCUT2D eigenvalue weighted by molar-refractivity contribution is -0.193. The molecule has 1 aromatic rings. The van der Waals surface area contributed by atoms with E-state index < -0.39 is 69.1 Å². The van der Waals surface area contributed by atoms with Gasteiger partial charge < -0.3 is 20.9 Å². The smallest absolute Gasteiger partial charge is 0.255 e. The first-order chi connectivity index (χ1) is 18.3. The van der Waals surface area contributed by atoms with E-state index in [2.05, 4.69) is 16.0 Å². The summed E-state index contributed by atoms with van der Waals surface area (Å²) in [5, 5.41) is 6.88. The van der Waals surface area contributed by atoms with E-state index >= 15 is 0 Å². The lowest BCUT2D eigenvalue weighted by Crippen LogP contribution is -2.69. The van der Waals surface area contributed by atoms with Crippen molar-refractivity contribution in [3.63, 3.8) is 0 Å². The summed E-state index contributed by atoms with van der Waals surface area (Å²) >= 11 is 5.97. The van der Waals surface area contributed by atoms with Gasteiger partial charge in [0.25, 0.3) is 5.92 Å². The Morgan fingerprint density at radius 2 is 2.03 bits per heavy atom. The van der Waals surface area contributed by atoms with Gasteiger partial charge in [-0.05, 0) is 50.0 Å². The van der Waals surface area contributed by atoms with Crippen molar-refractivity contribution in [3.05, 3.63) is 40.5 Å². The third-order valence-electron chi connectivity index (χ3n) is 7.48. The van der Waals surface area contributed by atoms with E-state index in [4.69, 9.17) is 11.6 Å². The van der Waals surface area contributed by atoms with Crippen LogP contribution in [0, 0.1) is 11.8 Å². The Morgan fingerprint density at radius 3 is 2.64 bits per heavy atom. The molecule has 4 aliphatic rings. The molecule has 9 nitrogen and oxygen atoms in total. The monoisotopic (exact) mass is 590 g/mol. The summed E-state index contributed by atoms with van der Waals surface area (Å²) in [6.45, 7) is 0.0795. The van der Waals surface area contributed by atoms with Gasteiger partial charge in [0.2, 0.25) is 32.7 Å². The fraction of sp³-hybridized carbons (Fsp3) is 0.560. The van der Waals surface area contributed by atoms with E-state index in [1.807, 2.05) is 0 Å². The third-order valence-corrected chi connectivity index (χ3v) is 8.56. The first-order valence-corrected chi connectivity index (χ1v) is 14.9. The van der Waals surface area contributed by atoms with Crippen molar-refractivity contribution in [2.24, 2.45) is 11.8 Å². The number of benzene rings is 1. The van der Waals surface area contributed by atoms with Crippen LogP contribution in [0.2, 0.25) is 5.02 Å². The van der Waals surface area contributed by atoms with Gasteiger partial charge >= 0.3 is 0 Å². The van der Waals surface area contributed by atoms with Crippen LogP contribution in [-0.2, 0) is 24.2 Å². The molecule has 39 heavy (non-hydrogen) atoms. The lowest BCUT2D eigenvalue weighted by Gasteiger charge is -2.53. The van der Waals surface area contributed by atoms with Gasteiger partial charge in [0.15, 0.2) is 0 Å². The Morgan fingerprint density at radius 1 is 1.28 bits per heavy atom. The van der Waals surface area contributed by atoms with Crippen LogP contribution in [0.25, 0.3) is 0 Å². The normalized spacial score (nSPS) is 27.2. The number of halogens is 4. The largest absolute Gasteiger partial charge is 0.376 e. The van der Waals surface area contributed by atoms with Crippen molar-refractivity contribution in [2.45, 2.75) is 56.2 Å². The Balaban J connectivity index is 1.58. The Labute approximate surface area is 229 Å². The number of nitrogens with zero attached hydrogens (tertiary/aromatic N) is 1. The Hall–Kier alpha value is -2.80. The SMILES string of the molecule is CS(=O)(=O)/C(F)=C/[C@H](C[C@@H]1CCNC1=O)NC(=O)[C@H]1[C@@H]2CC[C@@H](CC2(F)F)N1C(=O)CNc1cccc(Cl)c1. The quantitative estimate of drug-likeness (QED) is 0.406. The van der Waals surface area contributed by atoms with E-state index in [9.17, 15) is 36.0 Å². The second-order valence-electron chi connectivity index (χ2n) is 10.3. The summed E-state index contributed by atoms with van der Waals surface area (Å²) in [5.74, 6) is -7.20. The second-order valence-corrected chi connectivity index (χ2v) is 12.7. The molecule has 0 radical (unpaired) electrons. The molecule has 2 bridgehead atoms. The summed E-state index contributed by atoms with van der Waals surface area (Å²) in [4.78, 5) is 40.1. The van der Waals surface area contributed by atoms with Gasteiger partial charge in [0.1, 0.15) is 6.04 Å². The molecular weight excluding hydrogens is 561 g/mol. The Kier molecular flexibility index (Phi) is 8.50. The van der Waals surface area contributed by atoms with Crippen LogP contribution in [-0.4, -0.2) is 74.4 Å². The van der Waals surface area contributed by atoms with Crippen LogP contribution in [0.3, 0.4) is 0 Å². The molecule has 14 heteroatoms. The van der Waals surface area contributed by atoms with Crippen LogP contribution in [0.4, 0.5) is 18.9 Å². The van der Waals surface area contributed by atoms with E-state index in [0.29, 0.717) is 42.4 Å². The molecule has 0 unspecified atom stereocenters. The van der Waals surface area contributed by atoms with E-state index in [1.165, 1.54) is 0 Å². The predicted octanol–water partition coefficient (Wildman–Crippen LogP) is 2.63. The van der Waals surface area contributed by atoms with Gasteiger partial charge in [-0.2, -0.15) is 4.39 Å². The number of sulfone groups is 1. The van der Waals surface area contributed by atoms with Gasteiger partial charge in [-0.25, -0.2) is 17.2 Å². The van der Waals surface area contributed by atoms with Crippen molar-refractivity contribution in [1.82, 2.24) is 15.5 Å². The number of amides is 3. The number of nitrogens with one attached hydrogen (secondary N) is 3. The summed E-state index contributed by atoms with van der Waals surface area (Å²) in [7, 11) is -4.25. The van der Waals surface area contributed by atoms with Gasteiger partial charge in [-0.3, -0.25) is 14.4 Å². The summed E-state index contributed by atoms with van der Waals surface area (Å²) in [5.41, 5.74) is 0.528. The number of rotatable bonds is 9. The molecule has 3 saturated heterocycles. The maximum Gasteiger partial charge on any atom is 0.255 e. The number of fused-ring (bicyclic) bond motifs is 3. The van der Waals surface area contributed by atoms with Crippen LogP contribution in [0.15, 0.2) is 35.5 Å². The average molecular weight is 591 g/mol. The van der Waals surface area contributed by atoms with Crippen molar-refractivity contribution >= 4 is 44.8 Å². The summed E-state index contributed by atoms with van der Waals surface area (Å²) in [6.07, 6.45) is 1.27. The zero-order chi connectivity index (χ0) is 28.5. The van der Waals surface area contributed by atoms with Crippen molar-refractivity contribution < 1.29 is 36.0 Å². The van der Waals surface area contributed by atoms with Gasteiger partial charge in [0, 0.05) is 41.9 Å². The minimum absolute atomic E-state index is 0.00446. The average Bonchev–Trinajstić information content (AvgIpc) is 3.25. The summed E-state index contributed by atoms with van der Waals surface area (Å²) in [6, 6.07) is 2.84. The van der Waals surface area contributed by atoms with Crippen LogP contribution in [0.1, 0.15) is 32.1 Å². The number of hydrogen-bond acceptors (Lipinski definition) is 6. The van der Waals surface area contributed by atoms with Gasteiger partial charge in [-0.1, -0.05) is 17.7 Å². The second kappa shape index (κ2) is 11.4. The third kappa shape index (κ3) is 6.68. The lowest BCUT2D eigenvalue weighted by atomic mass is 9.71. The standard InChI is InChI=1S/C25H30ClF3N4O5S/c1-39(37,38)20(27)11-17(9-14-7-8-30-23(14)35)32-24(36)22-19-6-5-18(12-25(19,28)29)33(22)21(34)13-31-16-4-2-3-15(26)10-16/h2-4,10-11,14,17-19,22,31H,5-9,12-13H2,1H3,(H,30,35)(H,32,36)/b20-11+/t14-,17-,18-,19-,22+/m0/s1. The first kappa shape index (κ1) is 29.2. The molecule has 0 aromatic heterocycles. The highest BCUT2D eigenvalue weighted by molar-refractivity contribution is 7.94. The molecule has 214 valence electrons. The van der Waals surface area contributed by atoms with E-state index in [0.717, 1.165) is 4.90 Å². The van der Waals surface area contributed by atoms with Crippen molar-refractivity contribution in [2.75, 3.05) is 24.7 Å². The predicted molar refractivity (Wildman–Crippen MR) is 138 cm³/mol.